The van der Waals surface area contributed by atoms with Gasteiger partial charge >= 0.3 is 0 Å². The van der Waals surface area contributed by atoms with Crippen molar-refractivity contribution in [3.63, 3.8) is 0 Å². The third kappa shape index (κ3) is 4.83. The van der Waals surface area contributed by atoms with Crippen LogP contribution in [0, 0.1) is 5.82 Å². The van der Waals surface area contributed by atoms with E-state index in [1.54, 1.807) is 6.07 Å². The molecule has 1 N–H and O–H groups in total. The fraction of sp³-hybridized carbons (Fsp3) is 0.294. The lowest BCUT2D eigenvalue weighted by molar-refractivity contribution is 0.288. The average molecular weight is 352 g/mol. The fourth-order valence-electron chi connectivity index (χ4n) is 2.16. The zero-order chi connectivity index (χ0) is 15.1. The molecule has 0 aliphatic heterocycles. The van der Waals surface area contributed by atoms with Crippen LogP contribution in [0.5, 0.6) is 5.75 Å². The van der Waals surface area contributed by atoms with Crippen LogP contribution in [0.2, 0.25) is 0 Å². The highest BCUT2D eigenvalue weighted by Gasteiger charge is 2.12. The normalized spacial score (nSPS) is 12.1. The summed E-state index contributed by atoms with van der Waals surface area (Å²) in [4.78, 5) is 0. The third-order valence-electron chi connectivity index (χ3n) is 3.38. The van der Waals surface area contributed by atoms with E-state index in [1.165, 1.54) is 6.07 Å². The molecule has 0 spiro atoms. The summed E-state index contributed by atoms with van der Waals surface area (Å²) in [5, 5.41) is 3.26. The highest BCUT2D eigenvalue weighted by atomic mass is 79.9. The Balaban J connectivity index is 1.87. The molecule has 0 aromatic heterocycles. The molecular formula is C17H19BrFNO. The van der Waals surface area contributed by atoms with E-state index in [2.05, 4.69) is 21.2 Å². The van der Waals surface area contributed by atoms with E-state index in [4.69, 9.17) is 4.74 Å². The van der Waals surface area contributed by atoms with E-state index in [9.17, 15) is 4.39 Å². The zero-order valence-corrected chi connectivity index (χ0v) is 13.6. The highest BCUT2D eigenvalue weighted by Crippen LogP contribution is 2.22. The van der Waals surface area contributed by atoms with Crippen molar-refractivity contribution in [1.82, 2.24) is 5.32 Å². The summed E-state index contributed by atoms with van der Waals surface area (Å²) >= 11 is 3.31. The van der Waals surface area contributed by atoms with E-state index in [0.717, 1.165) is 24.2 Å². The first-order chi connectivity index (χ1) is 10.2. The second kappa shape index (κ2) is 8.15. The third-order valence-corrected chi connectivity index (χ3v) is 4.27. The Morgan fingerprint density at radius 2 is 1.90 bits per heavy atom. The molecule has 0 fully saturated rings. The van der Waals surface area contributed by atoms with Crippen LogP contribution in [-0.2, 0) is 6.42 Å². The van der Waals surface area contributed by atoms with Crippen LogP contribution in [-0.4, -0.2) is 19.7 Å². The van der Waals surface area contributed by atoms with Crippen molar-refractivity contribution < 1.29 is 9.13 Å². The molecule has 0 radical (unpaired) electrons. The molecule has 1 atom stereocenters. The van der Waals surface area contributed by atoms with E-state index in [1.807, 2.05) is 43.4 Å². The van der Waals surface area contributed by atoms with Crippen LogP contribution in [0.25, 0.3) is 0 Å². The van der Waals surface area contributed by atoms with Crippen molar-refractivity contribution >= 4 is 15.9 Å². The standard InChI is InChI=1S/C17H19BrFNO/c1-20-14(10-11-21-15-7-3-2-4-8-15)12-13-6-5-9-16(19)17(13)18/h2-9,14,20H,10-12H2,1H3. The molecule has 4 heteroatoms. The van der Waals surface area contributed by atoms with E-state index >= 15 is 0 Å². The van der Waals surface area contributed by atoms with Gasteiger partial charge in [0.25, 0.3) is 0 Å². The summed E-state index contributed by atoms with van der Waals surface area (Å²) in [6, 6.07) is 15.1. The molecule has 0 aliphatic carbocycles. The van der Waals surface area contributed by atoms with Gasteiger partial charge < -0.3 is 10.1 Å². The van der Waals surface area contributed by atoms with Crippen LogP contribution in [0.4, 0.5) is 4.39 Å². The Morgan fingerprint density at radius 3 is 2.62 bits per heavy atom. The van der Waals surface area contributed by atoms with Gasteiger partial charge in [-0.25, -0.2) is 4.39 Å². The Kier molecular flexibility index (Phi) is 6.21. The summed E-state index contributed by atoms with van der Waals surface area (Å²) < 4.78 is 19.8. The largest absolute Gasteiger partial charge is 0.494 e. The monoisotopic (exact) mass is 351 g/mol. The Labute approximate surface area is 133 Å². The van der Waals surface area contributed by atoms with Crippen LogP contribution < -0.4 is 10.1 Å². The lowest BCUT2D eigenvalue weighted by Gasteiger charge is -2.17. The first kappa shape index (κ1) is 16.0. The zero-order valence-electron chi connectivity index (χ0n) is 12.0. The number of benzene rings is 2. The van der Waals surface area contributed by atoms with Crippen molar-refractivity contribution in [2.24, 2.45) is 0 Å². The van der Waals surface area contributed by atoms with Crippen molar-refractivity contribution in [2.45, 2.75) is 18.9 Å². The SMILES string of the molecule is CNC(CCOc1ccccc1)Cc1cccc(F)c1Br. The Hall–Kier alpha value is -1.39. The lowest BCUT2D eigenvalue weighted by atomic mass is 10.0. The minimum Gasteiger partial charge on any atom is -0.494 e. The van der Waals surface area contributed by atoms with Crippen LogP contribution in [0.3, 0.4) is 0 Å². The molecule has 2 aromatic carbocycles. The number of likely N-dealkylation sites (N-methyl/N-ethyl adjacent to an activating group) is 1. The van der Waals surface area contributed by atoms with E-state index in [-0.39, 0.29) is 11.9 Å². The topological polar surface area (TPSA) is 21.3 Å². The van der Waals surface area contributed by atoms with Crippen LogP contribution in [0.1, 0.15) is 12.0 Å². The van der Waals surface area contributed by atoms with Gasteiger partial charge in [-0.3, -0.25) is 0 Å². The molecule has 2 rings (SSSR count). The number of nitrogens with one attached hydrogen (secondary N) is 1. The molecule has 1 unspecified atom stereocenters. The summed E-state index contributed by atoms with van der Waals surface area (Å²) in [6.45, 7) is 0.627. The maximum absolute atomic E-state index is 13.5. The van der Waals surface area contributed by atoms with Gasteiger partial charge in [-0.15, -0.1) is 0 Å². The summed E-state index contributed by atoms with van der Waals surface area (Å²) in [7, 11) is 1.92. The van der Waals surface area contributed by atoms with Crippen molar-refractivity contribution in [3.05, 3.63) is 64.4 Å². The summed E-state index contributed by atoms with van der Waals surface area (Å²) in [5.41, 5.74) is 0.967. The molecule has 2 aromatic rings. The predicted molar refractivity (Wildman–Crippen MR) is 87.2 cm³/mol. The number of hydrogen-bond acceptors (Lipinski definition) is 2. The van der Waals surface area contributed by atoms with Crippen LogP contribution >= 0.6 is 15.9 Å². The second-order valence-electron chi connectivity index (χ2n) is 4.85. The number of rotatable bonds is 7. The number of ether oxygens (including phenoxy) is 1. The van der Waals surface area contributed by atoms with Gasteiger partial charge in [-0.05, 0) is 59.6 Å². The quantitative estimate of drug-likeness (QED) is 0.807. The predicted octanol–water partition coefficient (Wildman–Crippen LogP) is 4.19. The van der Waals surface area contributed by atoms with Gasteiger partial charge in [0, 0.05) is 6.04 Å². The van der Waals surface area contributed by atoms with Gasteiger partial charge in [0.1, 0.15) is 11.6 Å². The minimum absolute atomic E-state index is 0.220. The van der Waals surface area contributed by atoms with Gasteiger partial charge in [-0.1, -0.05) is 30.3 Å². The Bertz CT molecular complexity index is 562. The molecule has 0 heterocycles. The van der Waals surface area contributed by atoms with E-state index < -0.39 is 0 Å². The molecule has 0 saturated carbocycles. The van der Waals surface area contributed by atoms with Crippen LogP contribution in [0.15, 0.2) is 53.0 Å². The first-order valence-electron chi connectivity index (χ1n) is 6.98. The maximum atomic E-state index is 13.5. The molecule has 112 valence electrons. The molecule has 0 amide bonds. The van der Waals surface area contributed by atoms with Gasteiger partial charge in [-0.2, -0.15) is 0 Å². The molecule has 0 aliphatic rings. The van der Waals surface area contributed by atoms with Gasteiger partial charge in [0.05, 0.1) is 11.1 Å². The van der Waals surface area contributed by atoms with E-state index in [0.29, 0.717) is 11.1 Å². The van der Waals surface area contributed by atoms with Crippen molar-refractivity contribution in [1.29, 1.82) is 0 Å². The molecule has 0 saturated heterocycles. The van der Waals surface area contributed by atoms with Crippen molar-refractivity contribution in [2.75, 3.05) is 13.7 Å². The number of halogens is 2. The smallest absolute Gasteiger partial charge is 0.137 e. The highest BCUT2D eigenvalue weighted by molar-refractivity contribution is 9.10. The first-order valence-corrected chi connectivity index (χ1v) is 7.78. The van der Waals surface area contributed by atoms with Crippen molar-refractivity contribution in [3.8, 4) is 5.75 Å². The fourth-order valence-corrected chi connectivity index (χ4v) is 2.58. The van der Waals surface area contributed by atoms with Gasteiger partial charge in [0.15, 0.2) is 0 Å². The molecule has 0 bridgehead atoms. The summed E-state index contributed by atoms with van der Waals surface area (Å²) in [6.07, 6.45) is 1.61. The average Bonchev–Trinajstić information content (AvgIpc) is 2.51. The molecular weight excluding hydrogens is 333 g/mol. The molecule has 21 heavy (non-hydrogen) atoms. The number of hydrogen-bond donors (Lipinski definition) is 1. The maximum Gasteiger partial charge on any atom is 0.137 e. The van der Waals surface area contributed by atoms with Gasteiger partial charge in [0.2, 0.25) is 0 Å². The second-order valence-corrected chi connectivity index (χ2v) is 5.65. The number of para-hydroxylation sites is 1. The Morgan fingerprint density at radius 1 is 1.14 bits per heavy atom. The molecule has 2 nitrogen and oxygen atoms in total. The summed E-state index contributed by atoms with van der Waals surface area (Å²) in [5.74, 6) is 0.655. The minimum atomic E-state index is -0.220. The lowest BCUT2D eigenvalue weighted by Crippen LogP contribution is -2.29.